The SMILES string of the molecule is CCCCc1ccc(CC(OC)C(=O)O)cc1. The number of rotatable bonds is 7. The van der Waals surface area contributed by atoms with Gasteiger partial charge in [0.2, 0.25) is 0 Å². The highest BCUT2D eigenvalue weighted by Crippen LogP contribution is 2.10. The van der Waals surface area contributed by atoms with Crippen LogP contribution in [0.5, 0.6) is 0 Å². The number of aliphatic carboxylic acids is 1. The molecule has 0 bridgehead atoms. The van der Waals surface area contributed by atoms with Gasteiger partial charge in [0.15, 0.2) is 6.10 Å². The van der Waals surface area contributed by atoms with Crippen molar-refractivity contribution >= 4 is 5.97 Å². The van der Waals surface area contributed by atoms with E-state index < -0.39 is 12.1 Å². The number of carboxylic acids is 1. The van der Waals surface area contributed by atoms with Crippen LogP contribution < -0.4 is 0 Å². The molecule has 0 aliphatic carbocycles. The summed E-state index contributed by atoms with van der Waals surface area (Å²) in [4.78, 5) is 10.8. The Bertz CT molecular complexity index is 343. The molecule has 0 heterocycles. The smallest absolute Gasteiger partial charge is 0.333 e. The number of unbranched alkanes of at least 4 members (excludes halogenated alkanes) is 1. The van der Waals surface area contributed by atoms with E-state index in [1.165, 1.54) is 25.5 Å². The zero-order valence-corrected chi connectivity index (χ0v) is 10.5. The molecule has 3 nitrogen and oxygen atoms in total. The van der Waals surface area contributed by atoms with Crippen LogP contribution in [0, 0.1) is 0 Å². The molecule has 0 spiro atoms. The van der Waals surface area contributed by atoms with Gasteiger partial charge in [-0.15, -0.1) is 0 Å². The van der Waals surface area contributed by atoms with Crippen molar-refractivity contribution in [2.75, 3.05) is 7.11 Å². The number of benzene rings is 1. The topological polar surface area (TPSA) is 46.5 Å². The van der Waals surface area contributed by atoms with E-state index in [9.17, 15) is 4.79 Å². The van der Waals surface area contributed by atoms with Gasteiger partial charge >= 0.3 is 5.97 Å². The number of ether oxygens (including phenoxy) is 1. The predicted molar refractivity (Wildman–Crippen MR) is 67.2 cm³/mol. The fourth-order valence-corrected chi connectivity index (χ4v) is 1.71. The van der Waals surface area contributed by atoms with Gasteiger partial charge in [-0.3, -0.25) is 0 Å². The van der Waals surface area contributed by atoms with Crippen molar-refractivity contribution in [1.29, 1.82) is 0 Å². The van der Waals surface area contributed by atoms with E-state index in [4.69, 9.17) is 9.84 Å². The maximum Gasteiger partial charge on any atom is 0.333 e. The highest BCUT2D eigenvalue weighted by molar-refractivity contribution is 5.72. The second-order valence-electron chi connectivity index (χ2n) is 4.19. The van der Waals surface area contributed by atoms with Crippen LogP contribution in [0.1, 0.15) is 30.9 Å². The Morgan fingerprint density at radius 1 is 1.29 bits per heavy atom. The van der Waals surface area contributed by atoms with E-state index in [0.29, 0.717) is 6.42 Å². The Morgan fingerprint density at radius 3 is 2.35 bits per heavy atom. The van der Waals surface area contributed by atoms with Crippen molar-refractivity contribution < 1.29 is 14.6 Å². The maximum absolute atomic E-state index is 10.8. The van der Waals surface area contributed by atoms with E-state index in [1.54, 1.807) is 0 Å². The molecule has 0 saturated carbocycles. The highest BCUT2D eigenvalue weighted by atomic mass is 16.5. The lowest BCUT2D eigenvalue weighted by molar-refractivity contribution is -0.148. The van der Waals surface area contributed by atoms with E-state index >= 15 is 0 Å². The average Bonchev–Trinajstić information content (AvgIpc) is 2.34. The van der Waals surface area contributed by atoms with Gasteiger partial charge in [0.25, 0.3) is 0 Å². The van der Waals surface area contributed by atoms with Gasteiger partial charge in [0.05, 0.1) is 0 Å². The second-order valence-corrected chi connectivity index (χ2v) is 4.19. The van der Waals surface area contributed by atoms with E-state index in [1.807, 2.05) is 12.1 Å². The van der Waals surface area contributed by atoms with Crippen molar-refractivity contribution in [3.8, 4) is 0 Å². The Kier molecular flexibility index (Phi) is 5.70. The molecule has 1 unspecified atom stereocenters. The van der Waals surface area contributed by atoms with Crippen molar-refractivity contribution in [3.05, 3.63) is 35.4 Å². The van der Waals surface area contributed by atoms with Crippen LogP contribution >= 0.6 is 0 Å². The molecule has 0 amide bonds. The first-order valence-corrected chi connectivity index (χ1v) is 6.00. The minimum atomic E-state index is -0.914. The van der Waals surface area contributed by atoms with Crippen LogP contribution in [0.3, 0.4) is 0 Å². The van der Waals surface area contributed by atoms with Crippen molar-refractivity contribution in [3.63, 3.8) is 0 Å². The second kappa shape index (κ2) is 7.07. The summed E-state index contributed by atoms with van der Waals surface area (Å²) in [6.07, 6.45) is 3.13. The van der Waals surface area contributed by atoms with Crippen molar-refractivity contribution in [2.24, 2.45) is 0 Å². The molecular formula is C14H20O3. The van der Waals surface area contributed by atoms with Crippen molar-refractivity contribution in [1.82, 2.24) is 0 Å². The summed E-state index contributed by atoms with van der Waals surface area (Å²) in [5, 5.41) is 8.88. The summed E-state index contributed by atoms with van der Waals surface area (Å²) in [5.41, 5.74) is 2.30. The highest BCUT2D eigenvalue weighted by Gasteiger charge is 2.16. The Morgan fingerprint density at radius 2 is 1.88 bits per heavy atom. The van der Waals surface area contributed by atoms with Gasteiger partial charge in [-0.1, -0.05) is 37.6 Å². The lowest BCUT2D eigenvalue weighted by Gasteiger charge is -2.10. The van der Waals surface area contributed by atoms with Crippen LogP contribution in [0.4, 0.5) is 0 Å². The van der Waals surface area contributed by atoms with E-state index in [-0.39, 0.29) is 0 Å². The third-order valence-electron chi connectivity index (χ3n) is 2.82. The van der Waals surface area contributed by atoms with Gasteiger partial charge in [-0.2, -0.15) is 0 Å². The molecule has 94 valence electrons. The summed E-state index contributed by atoms with van der Waals surface area (Å²) in [5.74, 6) is -0.914. The minimum Gasteiger partial charge on any atom is -0.479 e. The molecule has 1 N–H and O–H groups in total. The first-order valence-electron chi connectivity index (χ1n) is 6.00. The van der Waals surface area contributed by atoms with Gasteiger partial charge < -0.3 is 9.84 Å². The van der Waals surface area contributed by atoms with Crippen LogP contribution in [-0.2, 0) is 22.4 Å². The van der Waals surface area contributed by atoms with E-state index in [0.717, 1.165) is 12.0 Å². The standard InChI is InChI=1S/C14H20O3/c1-3-4-5-11-6-8-12(9-7-11)10-13(17-2)14(15)16/h6-9,13H,3-5,10H2,1-2H3,(H,15,16). The lowest BCUT2D eigenvalue weighted by atomic mass is 10.0. The number of hydrogen-bond acceptors (Lipinski definition) is 2. The average molecular weight is 236 g/mol. The molecule has 1 aromatic carbocycles. The molecule has 1 rings (SSSR count). The first-order chi connectivity index (χ1) is 8.17. The molecule has 3 heteroatoms. The Balaban J connectivity index is 2.58. The molecule has 17 heavy (non-hydrogen) atoms. The molecule has 1 atom stereocenters. The molecule has 0 aromatic heterocycles. The molecule has 0 aliphatic rings. The third kappa shape index (κ3) is 4.57. The number of aryl methyl sites for hydroxylation is 1. The molecule has 0 aliphatic heterocycles. The fourth-order valence-electron chi connectivity index (χ4n) is 1.71. The van der Waals surface area contributed by atoms with Crippen LogP contribution in [0.2, 0.25) is 0 Å². The fraction of sp³-hybridized carbons (Fsp3) is 0.500. The van der Waals surface area contributed by atoms with Gasteiger partial charge in [0.1, 0.15) is 0 Å². The van der Waals surface area contributed by atoms with Gasteiger partial charge in [-0.25, -0.2) is 4.79 Å². The summed E-state index contributed by atoms with van der Waals surface area (Å²) in [6.45, 7) is 2.17. The zero-order valence-electron chi connectivity index (χ0n) is 10.5. The zero-order chi connectivity index (χ0) is 12.7. The quantitative estimate of drug-likeness (QED) is 0.791. The number of methoxy groups -OCH3 is 1. The van der Waals surface area contributed by atoms with Crippen LogP contribution in [0.25, 0.3) is 0 Å². The molecule has 0 saturated heterocycles. The van der Waals surface area contributed by atoms with E-state index in [2.05, 4.69) is 19.1 Å². The maximum atomic E-state index is 10.8. The molecule has 1 aromatic rings. The normalized spacial score (nSPS) is 12.4. The van der Waals surface area contributed by atoms with Crippen molar-refractivity contribution in [2.45, 2.75) is 38.7 Å². The number of carboxylic acid groups (broad SMARTS) is 1. The summed E-state index contributed by atoms with van der Waals surface area (Å²) in [7, 11) is 1.43. The first kappa shape index (κ1) is 13.7. The summed E-state index contributed by atoms with van der Waals surface area (Å²) in [6, 6.07) is 8.11. The third-order valence-corrected chi connectivity index (χ3v) is 2.82. The predicted octanol–water partition coefficient (Wildman–Crippen LogP) is 2.67. The summed E-state index contributed by atoms with van der Waals surface area (Å²) >= 11 is 0. The molecule has 0 radical (unpaired) electrons. The minimum absolute atomic E-state index is 0.417. The molecule has 0 fully saturated rings. The Hall–Kier alpha value is -1.35. The Labute approximate surface area is 102 Å². The number of hydrogen-bond donors (Lipinski definition) is 1. The van der Waals surface area contributed by atoms with Crippen LogP contribution in [-0.4, -0.2) is 24.3 Å². The van der Waals surface area contributed by atoms with Crippen LogP contribution in [0.15, 0.2) is 24.3 Å². The molecular weight excluding hydrogens is 216 g/mol. The summed E-state index contributed by atoms with van der Waals surface area (Å²) < 4.78 is 4.91. The van der Waals surface area contributed by atoms with Gasteiger partial charge in [-0.05, 0) is 24.0 Å². The monoisotopic (exact) mass is 236 g/mol. The lowest BCUT2D eigenvalue weighted by Crippen LogP contribution is -2.24. The van der Waals surface area contributed by atoms with Gasteiger partial charge in [0, 0.05) is 13.5 Å². The largest absolute Gasteiger partial charge is 0.479 e. The number of carbonyl (C=O) groups is 1.